The summed E-state index contributed by atoms with van der Waals surface area (Å²) in [5, 5.41) is 12.6. The number of pyridine rings is 1. The zero-order valence-corrected chi connectivity index (χ0v) is 25.8. The fraction of sp³-hybridized carbons (Fsp3) is 0.441. The van der Waals surface area contributed by atoms with Crippen LogP contribution in [0.3, 0.4) is 0 Å². The molecule has 2 N–H and O–H groups in total. The molecule has 2 aromatic carbocycles. The molecule has 43 heavy (non-hydrogen) atoms. The molecule has 7 nitrogen and oxygen atoms in total. The van der Waals surface area contributed by atoms with Gasteiger partial charge in [-0.1, -0.05) is 12.8 Å². The van der Waals surface area contributed by atoms with Crippen molar-refractivity contribution >= 4 is 11.9 Å². The molecule has 3 aromatic rings. The van der Waals surface area contributed by atoms with E-state index >= 15 is 4.39 Å². The van der Waals surface area contributed by atoms with Gasteiger partial charge in [-0.05, 0) is 117 Å². The fourth-order valence-corrected chi connectivity index (χ4v) is 5.86. The van der Waals surface area contributed by atoms with E-state index in [2.05, 4.69) is 5.32 Å². The summed E-state index contributed by atoms with van der Waals surface area (Å²) in [6.45, 7) is 5.86. The maximum absolute atomic E-state index is 15.7. The second kappa shape index (κ2) is 13.2. The Morgan fingerprint density at radius 3 is 2.26 bits per heavy atom. The number of aliphatic carboxylic acids is 1. The Labute approximate surface area is 251 Å². The second-order valence-electron chi connectivity index (χ2n) is 12.3. The van der Waals surface area contributed by atoms with Crippen LogP contribution in [0, 0.1) is 38.3 Å². The van der Waals surface area contributed by atoms with E-state index < -0.39 is 36.1 Å². The van der Waals surface area contributed by atoms with Crippen LogP contribution >= 0.6 is 0 Å². The number of aryl methyl sites for hydroxylation is 4. The number of rotatable bonds is 12. The first-order valence-electron chi connectivity index (χ1n) is 14.7. The molecular formula is C34H41F2N3O4. The smallest absolute Gasteiger partial charge is 0.305 e. The summed E-state index contributed by atoms with van der Waals surface area (Å²) < 4.78 is 31.2. The number of carbonyl (C=O) groups is 2. The number of hydrogen-bond acceptors (Lipinski definition) is 4. The molecular weight excluding hydrogens is 552 g/mol. The highest BCUT2D eigenvalue weighted by atomic mass is 19.1. The van der Waals surface area contributed by atoms with Crippen LogP contribution in [0.25, 0.3) is 11.1 Å². The van der Waals surface area contributed by atoms with Crippen LogP contribution < -0.4 is 10.9 Å². The van der Waals surface area contributed by atoms with Crippen molar-refractivity contribution in [3.05, 3.63) is 91.9 Å². The Balaban J connectivity index is 1.75. The summed E-state index contributed by atoms with van der Waals surface area (Å²) >= 11 is 0. The molecule has 0 spiro atoms. The van der Waals surface area contributed by atoms with E-state index in [1.807, 2.05) is 19.0 Å². The number of aromatic nitrogens is 1. The van der Waals surface area contributed by atoms with Crippen LogP contribution in [-0.2, 0) is 23.1 Å². The SMILES string of the molecule is Cc1cc(-c2c(C)cc(F)cc2C)cc([C@H](CC(=O)O)NC(=O)[C@H](CC2CC2)c2cc(CCN(C)C)cn(C)c2=O)c1F. The van der Waals surface area contributed by atoms with E-state index in [0.717, 1.165) is 30.5 Å². The number of amides is 1. The van der Waals surface area contributed by atoms with Crippen molar-refractivity contribution in [1.82, 2.24) is 14.8 Å². The van der Waals surface area contributed by atoms with Gasteiger partial charge in [-0.25, -0.2) is 8.78 Å². The normalized spacial score (nSPS) is 14.5. The van der Waals surface area contributed by atoms with Crippen molar-refractivity contribution in [2.75, 3.05) is 20.6 Å². The van der Waals surface area contributed by atoms with Crippen molar-refractivity contribution in [3.8, 4) is 11.1 Å². The summed E-state index contributed by atoms with van der Waals surface area (Å²) in [5.41, 5.74) is 3.94. The van der Waals surface area contributed by atoms with Gasteiger partial charge in [0.15, 0.2) is 0 Å². The van der Waals surface area contributed by atoms with Gasteiger partial charge in [0.1, 0.15) is 11.6 Å². The number of hydrogen-bond donors (Lipinski definition) is 2. The maximum atomic E-state index is 15.7. The molecule has 0 unspecified atom stereocenters. The fourth-order valence-electron chi connectivity index (χ4n) is 5.86. The zero-order valence-electron chi connectivity index (χ0n) is 25.8. The van der Waals surface area contributed by atoms with Gasteiger partial charge in [0, 0.05) is 30.9 Å². The van der Waals surface area contributed by atoms with Gasteiger partial charge in [0.05, 0.1) is 18.4 Å². The summed E-state index contributed by atoms with van der Waals surface area (Å²) in [6.07, 6.45) is 4.27. The van der Waals surface area contributed by atoms with Crippen LogP contribution in [0.5, 0.6) is 0 Å². The minimum atomic E-state index is -1.21. The summed E-state index contributed by atoms with van der Waals surface area (Å²) in [5.74, 6) is -3.23. The molecule has 9 heteroatoms. The molecule has 1 amide bonds. The third-order valence-corrected chi connectivity index (χ3v) is 8.21. The number of carboxylic acid groups (broad SMARTS) is 1. The first kappa shape index (κ1) is 32.1. The average molecular weight is 594 g/mol. The van der Waals surface area contributed by atoms with Crippen molar-refractivity contribution < 1.29 is 23.5 Å². The van der Waals surface area contributed by atoms with Crippen LogP contribution in [0.1, 0.15) is 71.0 Å². The van der Waals surface area contributed by atoms with Gasteiger partial charge in [-0.3, -0.25) is 14.4 Å². The van der Waals surface area contributed by atoms with Gasteiger partial charge < -0.3 is 19.9 Å². The van der Waals surface area contributed by atoms with E-state index in [0.29, 0.717) is 35.1 Å². The lowest BCUT2D eigenvalue weighted by atomic mass is 9.89. The van der Waals surface area contributed by atoms with Crippen molar-refractivity contribution in [2.24, 2.45) is 13.0 Å². The first-order valence-corrected chi connectivity index (χ1v) is 14.7. The molecule has 0 bridgehead atoms. The second-order valence-corrected chi connectivity index (χ2v) is 12.3. The lowest BCUT2D eigenvalue weighted by Crippen LogP contribution is -2.37. The van der Waals surface area contributed by atoms with E-state index in [1.165, 1.54) is 16.7 Å². The van der Waals surface area contributed by atoms with Crippen molar-refractivity contribution in [2.45, 2.75) is 64.8 Å². The predicted octanol–water partition coefficient (Wildman–Crippen LogP) is 5.58. The molecule has 0 saturated heterocycles. The standard InChI is InChI=1S/C34H41F2N3O4/c1-19-12-25(35)13-20(2)31(19)24-11-21(3)32(36)28(16-24)29(17-30(40)41)37-33(42)26(14-22-7-8-22)27-15-23(9-10-38(4)5)18-39(6)34(27)43/h11-13,15-16,18,22,26,29H,7-10,14,17H2,1-6H3,(H,37,42)(H,40,41)/t26-,29+/m1/s1. The molecule has 0 radical (unpaired) electrons. The zero-order chi connectivity index (χ0) is 31.6. The summed E-state index contributed by atoms with van der Waals surface area (Å²) in [6, 6.07) is 6.58. The number of nitrogens with one attached hydrogen (secondary N) is 1. The summed E-state index contributed by atoms with van der Waals surface area (Å²) in [7, 11) is 5.58. The Hall–Kier alpha value is -3.85. The van der Waals surface area contributed by atoms with Gasteiger partial charge in [0.2, 0.25) is 5.91 Å². The third kappa shape index (κ3) is 7.76. The lowest BCUT2D eigenvalue weighted by Gasteiger charge is -2.25. The minimum absolute atomic E-state index is 0.0340. The largest absolute Gasteiger partial charge is 0.481 e. The molecule has 230 valence electrons. The lowest BCUT2D eigenvalue weighted by molar-refractivity contribution is -0.137. The molecule has 1 aliphatic carbocycles. The Morgan fingerprint density at radius 1 is 1.02 bits per heavy atom. The molecule has 1 fully saturated rings. The monoisotopic (exact) mass is 593 g/mol. The number of carboxylic acids is 1. The molecule has 2 atom stereocenters. The van der Waals surface area contributed by atoms with Gasteiger partial charge >= 0.3 is 5.97 Å². The quantitative estimate of drug-likeness (QED) is 0.286. The van der Waals surface area contributed by atoms with Crippen molar-refractivity contribution in [1.29, 1.82) is 0 Å². The van der Waals surface area contributed by atoms with Gasteiger partial charge in [0.25, 0.3) is 5.56 Å². The van der Waals surface area contributed by atoms with Crippen LogP contribution in [0.4, 0.5) is 8.78 Å². The van der Waals surface area contributed by atoms with E-state index in [1.54, 1.807) is 52.2 Å². The Kier molecular flexibility index (Phi) is 9.85. The molecule has 1 saturated carbocycles. The number of nitrogens with zero attached hydrogens (tertiary/aromatic N) is 2. The minimum Gasteiger partial charge on any atom is -0.481 e. The predicted molar refractivity (Wildman–Crippen MR) is 163 cm³/mol. The van der Waals surface area contributed by atoms with Crippen molar-refractivity contribution in [3.63, 3.8) is 0 Å². The van der Waals surface area contributed by atoms with Crippen LogP contribution in [0.2, 0.25) is 0 Å². The molecule has 1 heterocycles. The molecule has 0 aliphatic heterocycles. The maximum Gasteiger partial charge on any atom is 0.305 e. The van der Waals surface area contributed by atoms with Gasteiger partial charge in [-0.2, -0.15) is 0 Å². The number of halogens is 2. The highest BCUT2D eigenvalue weighted by Gasteiger charge is 2.34. The average Bonchev–Trinajstić information content (AvgIpc) is 3.73. The highest BCUT2D eigenvalue weighted by molar-refractivity contribution is 5.85. The van der Waals surface area contributed by atoms with E-state index in [-0.39, 0.29) is 28.4 Å². The first-order chi connectivity index (χ1) is 20.2. The van der Waals surface area contributed by atoms with E-state index in [9.17, 15) is 23.9 Å². The third-order valence-electron chi connectivity index (χ3n) is 8.21. The Bertz CT molecular complexity index is 1570. The topological polar surface area (TPSA) is 91.6 Å². The summed E-state index contributed by atoms with van der Waals surface area (Å²) in [4.78, 5) is 41.3. The Morgan fingerprint density at radius 2 is 1.67 bits per heavy atom. The van der Waals surface area contributed by atoms with Gasteiger partial charge in [-0.15, -0.1) is 0 Å². The molecule has 4 rings (SSSR count). The highest BCUT2D eigenvalue weighted by Crippen LogP contribution is 2.39. The van der Waals surface area contributed by atoms with Crippen LogP contribution in [-0.4, -0.2) is 47.1 Å². The van der Waals surface area contributed by atoms with E-state index in [4.69, 9.17) is 0 Å². The molecule has 1 aliphatic rings. The number of carbonyl (C=O) groups excluding carboxylic acids is 1. The number of likely N-dealkylation sites (N-methyl/N-ethyl adjacent to an activating group) is 1. The van der Waals surface area contributed by atoms with Crippen LogP contribution in [0.15, 0.2) is 41.3 Å². The number of benzene rings is 2. The molecule has 1 aromatic heterocycles.